The largest absolute Gasteiger partial charge is 0.480 e. The van der Waals surface area contributed by atoms with Crippen molar-refractivity contribution < 1.29 is 17.9 Å². The molecule has 32 heavy (non-hydrogen) atoms. The minimum atomic E-state index is -4.04. The van der Waals surface area contributed by atoms with Gasteiger partial charge in [0.15, 0.2) is 4.90 Å². The molecule has 0 radical (unpaired) electrons. The Labute approximate surface area is 193 Å². The van der Waals surface area contributed by atoms with E-state index in [9.17, 15) is 13.2 Å². The number of ether oxygens (including phenoxy) is 1. The molecule has 2 aromatic heterocycles. The van der Waals surface area contributed by atoms with Crippen LogP contribution in [-0.4, -0.2) is 39.5 Å². The Balaban J connectivity index is 1.42. The lowest BCUT2D eigenvalue weighted by atomic mass is 9.97. The van der Waals surface area contributed by atoms with Crippen LogP contribution in [0.3, 0.4) is 0 Å². The second-order valence-electron chi connectivity index (χ2n) is 7.32. The van der Waals surface area contributed by atoms with E-state index in [1.54, 1.807) is 24.3 Å². The molecule has 1 saturated heterocycles. The van der Waals surface area contributed by atoms with Gasteiger partial charge in [0.05, 0.1) is 29.6 Å². The van der Waals surface area contributed by atoms with E-state index in [0.29, 0.717) is 16.3 Å². The van der Waals surface area contributed by atoms with E-state index in [0.717, 1.165) is 23.7 Å². The molecule has 0 aliphatic carbocycles. The molecular formula is C21H17ClN4O4S2. The van der Waals surface area contributed by atoms with Crippen molar-refractivity contribution >= 4 is 61.3 Å². The summed E-state index contributed by atoms with van der Waals surface area (Å²) in [6, 6.07) is 7.55. The van der Waals surface area contributed by atoms with E-state index in [1.807, 2.05) is 5.38 Å². The van der Waals surface area contributed by atoms with Gasteiger partial charge in [-0.05, 0) is 42.0 Å². The zero-order valence-electron chi connectivity index (χ0n) is 16.8. The third-order valence-corrected chi connectivity index (χ3v) is 7.82. The van der Waals surface area contributed by atoms with E-state index in [-0.39, 0.29) is 22.4 Å². The van der Waals surface area contributed by atoms with Crippen molar-refractivity contribution in [1.82, 2.24) is 4.98 Å². The number of carbonyl (C=O) groups is 1. The van der Waals surface area contributed by atoms with Crippen LogP contribution >= 0.6 is 22.9 Å². The number of hydrogen-bond donors (Lipinski definition) is 2. The molecule has 2 N–H and O–H groups in total. The Bertz CT molecular complexity index is 1360. The molecule has 6 rings (SSSR count). The maximum Gasteiger partial charge on any atom is 0.267 e. The van der Waals surface area contributed by atoms with Crippen LogP contribution in [0.15, 0.2) is 52.4 Å². The number of sulfonamides is 1. The summed E-state index contributed by atoms with van der Waals surface area (Å²) in [6.07, 6.45) is 3.41. The number of amides is 1. The first-order chi connectivity index (χ1) is 15.3. The van der Waals surface area contributed by atoms with E-state index < -0.39 is 10.0 Å². The van der Waals surface area contributed by atoms with Crippen LogP contribution in [-0.2, 0) is 10.0 Å². The zero-order valence-corrected chi connectivity index (χ0v) is 19.1. The zero-order chi connectivity index (χ0) is 22.5. The lowest BCUT2D eigenvalue weighted by Gasteiger charge is -2.39. The molecule has 1 fully saturated rings. The molecule has 11 heteroatoms. The van der Waals surface area contributed by atoms with Crippen molar-refractivity contribution in [3.63, 3.8) is 0 Å². The maximum atomic E-state index is 13.0. The molecule has 0 atom stereocenters. The quantitative estimate of drug-likeness (QED) is 0.542. The molecular weight excluding hydrogens is 472 g/mol. The van der Waals surface area contributed by atoms with Gasteiger partial charge in [0.25, 0.3) is 15.9 Å². The van der Waals surface area contributed by atoms with Gasteiger partial charge in [-0.2, -0.15) is 0 Å². The van der Waals surface area contributed by atoms with Crippen LogP contribution in [0.1, 0.15) is 15.9 Å². The molecule has 3 aliphatic rings. The Hall–Kier alpha value is -3.08. The summed E-state index contributed by atoms with van der Waals surface area (Å²) in [4.78, 5) is 19.0. The molecule has 1 aromatic carbocycles. The van der Waals surface area contributed by atoms with Crippen molar-refractivity contribution in [1.29, 1.82) is 0 Å². The molecule has 0 unspecified atom stereocenters. The standard InChI is InChI=1S/C21H17ClN4O4S2/c1-30-20-18(32(28,29)25-14-4-2-13(22)3-5-14)7-15(8-23-20)24-19(27)17-11-31-21-16(17)6-12-9-26(21)10-12/h2-8,11,25H,9-10H2,1H3,(H,24,27). The molecule has 5 heterocycles. The molecule has 0 spiro atoms. The monoisotopic (exact) mass is 488 g/mol. The van der Waals surface area contributed by atoms with Gasteiger partial charge in [-0.3, -0.25) is 9.52 Å². The topological polar surface area (TPSA) is 101 Å². The summed E-state index contributed by atoms with van der Waals surface area (Å²) in [7, 11) is -2.72. The summed E-state index contributed by atoms with van der Waals surface area (Å²) < 4.78 is 33.6. The average Bonchev–Trinajstić information content (AvgIpc) is 3.19. The normalized spacial score (nSPS) is 14.2. The van der Waals surface area contributed by atoms with Gasteiger partial charge in [-0.1, -0.05) is 11.6 Å². The number of halogens is 1. The molecule has 2 bridgehead atoms. The van der Waals surface area contributed by atoms with Crippen LogP contribution in [0.25, 0.3) is 6.08 Å². The molecule has 3 aromatic rings. The average molecular weight is 489 g/mol. The fourth-order valence-electron chi connectivity index (χ4n) is 3.57. The summed E-state index contributed by atoms with van der Waals surface area (Å²) >= 11 is 7.38. The highest BCUT2D eigenvalue weighted by Crippen LogP contribution is 2.42. The second kappa shape index (κ2) is 7.80. The fraction of sp³-hybridized carbons (Fsp3) is 0.143. The lowest BCUT2D eigenvalue weighted by Crippen LogP contribution is -2.42. The molecule has 164 valence electrons. The summed E-state index contributed by atoms with van der Waals surface area (Å²) in [5.74, 6) is -0.419. The van der Waals surface area contributed by atoms with Crippen LogP contribution in [0.5, 0.6) is 5.88 Å². The van der Waals surface area contributed by atoms with E-state index in [4.69, 9.17) is 16.3 Å². The van der Waals surface area contributed by atoms with Crippen molar-refractivity contribution in [3.8, 4) is 5.88 Å². The first-order valence-electron chi connectivity index (χ1n) is 9.54. The summed E-state index contributed by atoms with van der Waals surface area (Å²) in [5, 5.41) is 6.13. The number of hydrogen-bond acceptors (Lipinski definition) is 7. The Morgan fingerprint density at radius 2 is 1.97 bits per heavy atom. The Kier molecular flexibility index (Phi) is 5.07. The second-order valence-corrected chi connectivity index (χ2v) is 10.3. The highest BCUT2D eigenvalue weighted by atomic mass is 35.5. The number of rotatable bonds is 6. The van der Waals surface area contributed by atoms with Gasteiger partial charge in [0.1, 0.15) is 0 Å². The van der Waals surface area contributed by atoms with Crippen LogP contribution in [0, 0.1) is 0 Å². The predicted molar refractivity (Wildman–Crippen MR) is 126 cm³/mol. The van der Waals surface area contributed by atoms with Crippen molar-refractivity contribution in [2.45, 2.75) is 4.90 Å². The van der Waals surface area contributed by atoms with Gasteiger partial charge in [-0.25, -0.2) is 13.4 Å². The number of benzene rings is 1. The Morgan fingerprint density at radius 1 is 1.22 bits per heavy atom. The van der Waals surface area contributed by atoms with Gasteiger partial charge >= 0.3 is 0 Å². The predicted octanol–water partition coefficient (Wildman–Crippen LogP) is 4.08. The number of nitrogens with one attached hydrogen (secondary N) is 2. The SMILES string of the molecule is COc1ncc(NC(=O)c2csc3c2C=C2CN3C2)cc1S(=O)(=O)Nc1ccc(Cl)cc1. The first-order valence-corrected chi connectivity index (χ1v) is 12.3. The van der Waals surface area contributed by atoms with Crippen molar-refractivity contribution in [2.75, 3.05) is 35.1 Å². The summed E-state index contributed by atoms with van der Waals surface area (Å²) in [5.41, 5.74) is 3.31. The van der Waals surface area contributed by atoms with Gasteiger partial charge in [-0.15, -0.1) is 11.3 Å². The number of methoxy groups -OCH3 is 1. The van der Waals surface area contributed by atoms with Gasteiger partial charge < -0.3 is 15.0 Å². The molecule has 3 aliphatic heterocycles. The van der Waals surface area contributed by atoms with Gasteiger partial charge in [0.2, 0.25) is 5.88 Å². The highest BCUT2D eigenvalue weighted by Gasteiger charge is 2.32. The summed E-state index contributed by atoms with van der Waals surface area (Å²) in [6.45, 7) is 1.83. The number of carbonyl (C=O) groups excluding carboxylic acids is 1. The van der Waals surface area contributed by atoms with Crippen LogP contribution < -0.4 is 19.7 Å². The minimum Gasteiger partial charge on any atom is -0.480 e. The highest BCUT2D eigenvalue weighted by molar-refractivity contribution is 7.92. The third kappa shape index (κ3) is 3.70. The first kappa shape index (κ1) is 20.8. The molecule has 1 amide bonds. The Morgan fingerprint density at radius 3 is 2.69 bits per heavy atom. The van der Waals surface area contributed by atoms with E-state index in [2.05, 4.69) is 26.0 Å². The van der Waals surface area contributed by atoms with Crippen molar-refractivity contribution in [2.24, 2.45) is 0 Å². The smallest absolute Gasteiger partial charge is 0.267 e. The number of thiophene rings is 1. The van der Waals surface area contributed by atoms with E-state index in [1.165, 1.54) is 36.3 Å². The van der Waals surface area contributed by atoms with E-state index >= 15 is 0 Å². The number of aromatic nitrogens is 1. The number of pyridine rings is 1. The van der Waals surface area contributed by atoms with Crippen LogP contribution in [0.4, 0.5) is 16.4 Å². The maximum absolute atomic E-state index is 13.0. The number of nitrogens with zero attached hydrogens (tertiary/aromatic N) is 2. The third-order valence-electron chi connectivity index (χ3n) is 5.13. The molecule has 8 nitrogen and oxygen atoms in total. The fourth-order valence-corrected chi connectivity index (χ4v) is 5.94. The number of anilines is 3. The minimum absolute atomic E-state index is 0.0880. The molecule has 0 saturated carbocycles. The van der Waals surface area contributed by atoms with Crippen LogP contribution in [0.2, 0.25) is 5.02 Å². The van der Waals surface area contributed by atoms with Gasteiger partial charge in [0, 0.05) is 34.7 Å². The van der Waals surface area contributed by atoms with Crippen molar-refractivity contribution in [3.05, 3.63) is 63.6 Å². The lowest BCUT2D eigenvalue weighted by molar-refractivity contribution is 0.102.